The van der Waals surface area contributed by atoms with Gasteiger partial charge in [0.05, 0.1) is 0 Å². The lowest BCUT2D eigenvalue weighted by molar-refractivity contribution is 0.615. The number of hydrogen-bond donors (Lipinski definition) is 1. The molecule has 1 N–H and O–H groups in total. The van der Waals surface area contributed by atoms with Gasteiger partial charge in [0.25, 0.3) is 0 Å². The minimum absolute atomic E-state index is 0.922. The fourth-order valence-electron chi connectivity index (χ4n) is 1.65. The van der Waals surface area contributed by atoms with E-state index in [0.29, 0.717) is 0 Å². The molecule has 2 unspecified atom stereocenters. The smallest absolute Gasteiger partial charge is 0.185 e. The van der Waals surface area contributed by atoms with E-state index in [4.69, 9.17) is 0 Å². The lowest BCUT2D eigenvalue weighted by atomic mass is 10.3. The summed E-state index contributed by atoms with van der Waals surface area (Å²) in [5, 5.41) is 4.59. The summed E-state index contributed by atoms with van der Waals surface area (Å²) in [7, 11) is 4.06. The van der Waals surface area contributed by atoms with E-state index in [1.54, 1.807) is 11.3 Å². The van der Waals surface area contributed by atoms with Crippen LogP contribution in [0.3, 0.4) is 0 Å². The molecule has 0 radical (unpaired) electrons. The second-order valence-electron chi connectivity index (χ2n) is 4.61. The molecule has 15 heavy (non-hydrogen) atoms. The molecule has 1 aromatic heterocycles. The Balaban J connectivity index is 1.73. The van der Waals surface area contributed by atoms with Crippen LogP contribution in [0.25, 0.3) is 0 Å². The van der Waals surface area contributed by atoms with Crippen LogP contribution in [0.1, 0.15) is 18.2 Å². The number of anilines is 1. The predicted octanol–water partition coefficient (Wildman–Crippen LogP) is 1.95. The summed E-state index contributed by atoms with van der Waals surface area (Å²) in [6.45, 7) is 4.45. The molecule has 0 aliphatic heterocycles. The Morgan fingerprint density at radius 3 is 2.87 bits per heavy atom. The van der Waals surface area contributed by atoms with Gasteiger partial charge in [0, 0.05) is 31.7 Å². The van der Waals surface area contributed by atoms with Gasteiger partial charge in [-0.05, 0) is 24.8 Å². The summed E-state index contributed by atoms with van der Waals surface area (Å²) < 4.78 is 0. The Labute approximate surface area is 95.5 Å². The summed E-state index contributed by atoms with van der Waals surface area (Å²) >= 11 is 1.77. The van der Waals surface area contributed by atoms with Gasteiger partial charge in [0.2, 0.25) is 0 Å². The van der Waals surface area contributed by atoms with Crippen molar-refractivity contribution in [2.24, 2.45) is 11.8 Å². The number of aromatic nitrogens is 1. The van der Waals surface area contributed by atoms with Crippen molar-refractivity contribution in [1.82, 2.24) is 10.3 Å². The highest BCUT2D eigenvalue weighted by Crippen LogP contribution is 2.36. The molecule has 1 heterocycles. The highest BCUT2D eigenvalue weighted by molar-refractivity contribution is 7.15. The van der Waals surface area contributed by atoms with Crippen LogP contribution in [-0.2, 0) is 6.54 Å². The van der Waals surface area contributed by atoms with Crippen molar-refractivity contribution in [2.45, 2.75) is 19.9 Å². The predicted molar refractivity (Wildman–Crippen MR) is 65.4 cm³/mol. The average Bonchev–Trinajstić information content (AvgIpc) is 2.71. The summed E-state index contributed by atoms with van der Waals surface area (Å²) in [4.78, 5) is 7.73. The molecule has 1 saturated carbocycles. The van der Waals surface area contributed by atoms with Gasteiger partial charge in [-0.25, -0.2) is 4.98 Å². The normalized spacial score (nSPS) is 24.2. The molecule has 1 fully saturated rings. The van der Waals surface area contributed by atoms with Crippen LogP contribution in [0.4, 0.5) is 5.13 Å². The molecule has 0 bridgehead atoms. The molecule has 2 atom stereocenters. The minimum atomic E-state index is 0.922. The topological polar surface area (TPSA) is 28.2 Å². The van der Waals surface area contributed by atoms with Gasteiger partial charge >= 0.3 is 0 Å². The summed E-state index contributed by atoms with van der Waals surface area (Å²) in [6.07, 6.45) is 3.38. The zero-order valence-electron chi connectivity index (χ0n) is 9.66. The van der Waals surface area contributed by atoms with Crippen molar-refractivity contribution in [3.05, 3.63) is 11.1 Å². The SMILES string of the molecule is CC1CC1CNCc1cnc(N(C)C)s1. The monoisotopic (exact) mass is 225 g/mol. The van der Waals surface area contributed by atoms with E-state index in [1.165, 1.54) is 11.3 Å². The molecular formula is C11H19N3S. The maximum Gasteiger partial charge on any atom is 0.185 e. The first-order valence-corrected chi connectivity index (χ1v) is 6.31. The largest absolute Gasteiger partial charge is 0.354 e. The van der Waals surface area contributed by atoms with Crippen molar-refractivity contribution >= 4 is 16.5 Å². The fourth-order valence-corrected chi connectivity index (χ4v) is 2.45. The lowest BCUT2D eigenvalue weighted by Crippen LogP contribution is -2.15. The quantitative estimate of drug-likeness (QED) is 0.830. The van der Waals surface area contributed by atoms with Crippen LogP contribution in [0.2, 0.25) is 0 Å². The van der Waals surface area contributed by atoms with Gasteiger partial charge in [-0.3, -0.25) is 0 Å². The molecule has 1 aliphatic carbocycles. The molecule has 0 aromatic carbocycles. The Kier molecular flexibility index (Phi) is 3.26. The van der Waals surface area contributed by atoms with E-state index in [1.807, 2.05) is 20.3 Å². The third kappa shape index (κ3) is 2.92. The standard InChI is InChI=1S/C11H19N3S/c1-8-4-9(8)5-12-6-10-7-13-11(15-10)14(2)3/h7-9,12H,4-6H2,1-3H3. The van der Waals surface area contributed by atoms with Crippen LogP contribution in [-0.4, -0.2) is 25.6 Å². The molecule has 1 aromatic rings. The number of nitrogens with one attached hydrogen (secondary N) is 1. The Morgan fingerprint density at radius 2 is 2.33 bits per heavy atom. The Bertz CT molecular complexity index is 321. The fraction of sp³-hybridized carbons (Fsp3) is 0.727. The number of nitrogens with zero attached hydrogens (tertiary/aromatic N) is 2. The zero-order valence-corrected chi connectivity index (χ0v) is 10.5. The van der Waals surface area contributed by atoms with Gasteiger partial charge in [-0.15, -0.1) is 11.3 Å². The summed E-state index contributed by atoms with van der Waals surface area (Å²) in [6, 6.07) is 0. The molecule has 84 valence electrons. The van der Waals surface area contributed by atoms with Crippen LogP contribution in [0, 0.1) is 11.8 Å². The van der Waals surface area contributed by atoms with Crippen LogP contribution in [0.5, 0.6) is 0 Å². The first-order chi connectivity index (χ1) is 7.16. The zero-order chi connectivity index (χ0) is 10.8. The van der Waals surface area contributed by atoms with Crippen molar-refractivity contribution in [3.8, 4) is 0 Å². The molecular weight excluding hydrogens is 206 g/mol. The van der Waals surface area contributed by atoms with Crippen LogP contribution in [0.15, 0.2) is 6.20 Å². The van der Waals surface area contributed by atoms with Gasteiger partial charge in [-0.1, -0.05) is 6.92 Å². The van der Waals surface area contributed by atoms with Gasteiger partial charge < -0.3 is 10.2 Å². The second kappa shape index (κ2) is 4.49. The maximum absolute atomic E-state index is 4.35. The van der Waals surface area contributed by atoms with E-state index >= 15 is 0 Å². The van der Waals surface area contributed by atoms with Crippen molar-refractivity contribution in [1.29, 1.82) is 0 Å². The lowest BCUT2D eigenvalue weighted by Gasteiger charge is -2.05. The van der Waals surface area contributed by atoms with E-state index in [9.17, 15) is 0 Å². The highest BCUT2D eigenvalue weighted by Gasteiger charge is 2.31. The van der Waals surface area contributed by atoms with Gasteiger partial charge in [0.1, 0.15) is 0 Å². The van der Waals surface area contributed by atoms with E-state index in [2.05, 4.69) is 22.1 Å². The first kappa shape index (κ1) is 10.9. The molecule has 4 heteroatoms. The first-order valence-electron chi connectivity index (χ1n) is 5.49. The van der Waals surface area contributed by atoms with Crippen LogP contribution >= 0.6 is 11.3 Å². The van der Waals surface area contributed by atoms with Crippen molar-refractivity contribution < 1.29 is 0 Å². The summed E-state index contributed by atoms with van der Waals surface area (Å²) in [5.41, 5.74) is 0. The maximum atomic E-state index is 4.35. The molecule has 0 amide bonds. The van der Waals surface area contributed by atoms with E-state index in [-0.39, 0.29) is 0 Å². The Morgan fingerprint density at radius 1 is 1.60 bits per heavy atom. The van der Waals surface area contributed by atoms with Gasteiger partial charge in [-0.2, -0.15) is 0 Å². The van der Waals surface area contributed by atoms with Crippen molar-refractivity contribution in [3.63, 3.8) is 0 Å². The highest BCUT2D eigenvalue weighted by atomic mass is 32.1. The average molecular weight is 225 g/mol. The number of rotatable bonds is 5. The molecule has 3 nitrogen and oxygen atoms in total. The number of thiazole rings is 1. The van der Waals surface area contributed by atoms with E-state index in [0.717, 1.165) is 30.1 Å². The summed E-state index contributed by atoms with van der Waals surface area (Å²) in [5.74, 6) is 1.86. The van der Waals surface area contributed by atoms with E-state index < -0.39 is 0 Å². The molecule has 2 rings (SSSR count). The third-order valence-electron chi connectivity index (χ3n) is 2.91. The molecule has 0 spiro atoms. The molecule has 1 aliphatic rings. The van der Waals surface area contributed by atoms with Crippen LogP contribution < -0.4 is 10.2 Å². The second-order valence-corrected chi connectivity index (χ2v) is 5.70. The van der Waals surface area contributed by atoms with Crippen molar-refractivity contribution in [2.75, 3.05) is 25.5 Å². The third-order valence-corrected chi connectivity index (χ3v) is 4.07. The minimum Gasteiger partial charge on any atom is -0.354 e. The Hall–Kier alpha value is -0.610. The number of hydrogen-bond acceptors (Lipinski definition) is 4. The molecule has 0 saturated heterocycles. The van der Waals surface area contributed by atoms with Gasteiger partial charge in [0.15, 0.2) is 5.13 Å².